The zero-order valence-electron chi connectivity index (χ0n) is 9.61. The highest BCUT2D eigenvalue weighted by Crippen LogP contribution is 2.25. The zero-order valence-corrected chi connectivity index (χ0v) is 10.4. The monoisotopic (exact) mass is 245 g/mol. The summed E-state index contributed by atoms with van der Waals surface area (Å²) in [4.78, 5) is 0. The van der Waals surface area contributed by atoms with Gasteiger partial charge in [-0.3, -0.25) is 0 Å². The molecule has 17 heavy (non-hydrogen) atoms. The second kappa shape index (κ2) is 4.90. The van der Waals surface area contributed by atoms with Gasteiger partial charge in [0.2, 0.25) is 0 Å². The lowest BCUT2D eigenvalue weighted by molar-refractivity contribution is 0.357. The van der Waals surface area contributed by atoms with Crippen LogP contribution in [0.4, 0.5) is 0 Å². The first-order valence-electron chi connectivity index (χ1n) is 5.88. The van der Waals surface area contributed by atoms with Gasteiger partial charge < -0.3 is 10.1 Å². The number of hydrogen-bond acceptors (Lipinski definition) is 3. The second-order valence-electron chi connectivity index (χ2n) is 4.28. The number of rotatable bonds is 4. The van der Waals surface area contributed by atoms with Gasteiger partial charge >= 0.3 is 0 Å². The van der Waals surface area contributed by atoms with Crippen LogP contribution in [0.15, 0.2) is 35.0 Å². The summed E-state index contributed by atoms with van der Waals surface area (Å²) in [7, 11) is 0. The third-order valence-corrected chi connectivity index (χ3v) is 3.72. The summed E-state index contributed by atoms with van der Waals surface area (Å²) in [5, 5.41) is 7.76. The van der Waals surface area contributed by atoms with Crippen LogP contribution in [0, 0.1) is 0 Å². The molecule has 0 aliphatic carbocycles. The van der Waals surface area contributed by atoms with Crippen molar-refractivity contribution in [2.75, 3.05) is 6.61 Å². The van der Waals surface area contributed by atoms with Crippen LogP contribution >= 0.6 is 11.3 Å². The molecule has 0 saturated carbocycles. The first-order chi connectivity index (χ1) is 8.42. The molecule has 1 aromatic heterocycles. The van der Waals surface area contributed by atoms with Crippen LogP contribution < -0.4 is 10.1 Å². The summed E-state index contributed by atoms with van der Waals surface area (Å²) < 4.78 is 5.50. The maximum atomic E-state index is 5.50. The molecule has 88 valence electrons. The predicted octanol–water partition coefficient (Wildman–Crippen LogP) is 2.97. The van der Waals surface area contributed by atoms with Gasteiger partial charge in [-0.2, -0.15) is 11.3 Å². The van der Waals surface area contributed by atoms with Gasteiger partial charge in [0.05, 0.1) is 6.61 Å². The van der Waals surface area contributed by atoms with Crippen molar-refractivity contribution < 1.29 is 4.74 Å². The topological polar surface area (TPSA) is 21.3 Å². The molecule has 2 nitrogen and oxygen atoms in total. The lowest BCUT2D eigenvalue weighted by Crippen LogP contribution is -2.12. The quantitative estimate of drug-likeness (QED) is 0.894. The summed E-state index contributed by atoms with van der Waals surface area (Å²) in [6, 6.07) is 8.64. The van der Waals surface area contributed by atoms with Gasteiger partial charge in [0.15, 0.2) is 0 Å². The van der Waals surface area contributed by atoms with Crippen molar-refractivity contribution in [3.05, 3.63) is 51.7 Å². The minimum absolute atomic E-state index is 0.834. The molecule has 0 spiro atoms. The van der Waals surface area contributed by atoms with Gasteiger partial charge in [-0.25, -0.2) is 0 Å². The van der Waals surface area contributed by atoms with Gasteiger partial charge in [-0.1, -0.05) is 12.1 Å². The Kier molecular flexibility index (Phi) is 3.12. The Morgan fingerprint density at radius 2 is 2.12 bits per heavy atom. The Balaban J connectivity index is 1.58. The third kappa shape index (κ3) is 2.51. The minimum atomic E-state index is 0.834. The molecule has 2 aromatic rings. The molecular weight excluding hydrogens is 230 g/mol. The van der Waals surface area contributed by atoms with E-state index < -0.39 is 0 Å². The summed E-state index contributed by atoms with van der Waals surface area (Å²) in [5.41, 5.74) is 4.05. The molecule has 0 bridgehead atoms. The minimum Gasteiger partial charge on any atom is -0.493 e. The highest BCUT2D eigenvalue weighted by atomic mass is 32.1. The fourth-order valence-electron chi connectivity index (χ4n) is 2.09. The van der Waals surface area contributed by atoms with Crippen LogP contribution in [0.25, 0.3) is 0 Å². The van der Waals surface area contributed by atoms with Crippen molar-refractivity contribution in [3.8, 4) is 5.75 Å². The van der Waals surface area contributed by atoms with Crippen molar-refractivity contribution in [1.82, 2.24) is 5.32 Å². The van der Waals surface area contributed by atoms with Crippen LogP contribution in [0.2, 0.25) is 0 Å². The fourth-order valence-corrected chi connectivity index (χ4v) is 2.76. The lowest BCUT2D eigenvalue weighted by Gasteiger charge is -2.05. The van der Waals surface area contributed by atoms with E-state index in [1.807, 2.05) is 0 Å². The number of ether oxygens (including phenoxy) is 1. The highest BCUT2D eigenvalue weighted by Gasteiger charge is 2.11. The van der Waals surface area contributed by atoms with E-state index in [1.165, 1.54) is 16.7 Å². The zero-order chi connectivity index (χ0) is 11.5. The van der Waals surface area contributed by atoms with Gasteiger partial charge in [-0.05, 0) is 39.6 Å². The maximum Gasteiger partial charge on any atom is 0.122 e. The van der Waals surface area contributed by atoms with Gasteiger partial charge in [-0.15, -0.1) is 0 Å². The fraction of sp³-hybridized carbons (Fsp3) is 0.286. The normalized spacial score (nSPS) is 13.4. The molecule has 1 aromatic carbocycles. The molecule has 0 atom stereocenters. The Bertz CT molecular complexity index is 493. The maximum absolute atomic E-state index is 5.50. The van der Waals surface area contributed by atoms with Crippen LogP contribution in [-0.4, -0.2) is 6.61 Å². The van der Waals surface area contributed by atoms with Gasteiger partial charge in [0.1, 0.15) is 5.75 Å². The smallest absolute Gasteiger partial charge is 0.122 e. The van der Waals surface area contributed by atoms with Crippen molar-refractivity contribution in [1.29, 1.82) is 0 Å². The largest absolute Gasteiger partial charge is 0.493 e. The summed E-state index contributed by atoms with van der Waals surface area (Å²) >= 11 is 1.75. The van der Waals surface area contributed by atoms with Crippen molar-refractivity contribution in [3.63, 3.8) is 0 Å². The molecule has 1 N–H and O–H groups in total. The van der Waals surface area contributed by atoms with E-state index in [2.05, 4.69) is 40.3 Å². The van der Waals surface area contributed by atoms with Crippen LogP contribution in [0.5, 0.6) is 5.75 Å². The number of hydrogen-bond donors (Lipinski definition) is 1. The number of thiophene rings is 1. The predicted molar refractivity (Wildman–Crippen MR) is 70.5 cm³/mol. The van der Waals surface area contributed by atoms with Gasteiger partial charge in [0.25, 0.3) is 0 Å². The third-order valence-electron chi connectivity index (χ3n) is 2.99. The van der Waals surface area contributed by atoms with Crippen molar-refractivity contribution in [2.24, 2.45) is 0 Å². The number of fused-ring (bicyclic) bond motifs is 1. The Labute approximate surface area is 105 Å². The molecule has 0 fully saturated rings. The van der Waals surface area contributed by atoms with E-state index in [0.29, 0.717) is 0 Å². The van der Waals surface area contributed by atoms with Crippen LogP contribution in [0.1, 0.15) is 16.7 Å². The molecule has 0 radical (unpaired) electrons. The summed E-state index contributed by atoms with van der Waals surface area (Å²) in [5.74, 6) is 1.06. The average molecular weight is 245 g/mol. The van der Waals surface area contributed by atoms with E-state index >= 15 is 0 Å². The van der Waals surface area contributed by atoms with Crippen molar-refractivity contribution in [2.45, 2.75) is 19.5 Å². The molecule has 0 unspecified atom stereocenters. The van der Waals surface area contributed by atoms with E-state index in [-0.39, 0.29) is 0 Å². The molecule has 2 heterocycles. The Morgan fingerprint density at radius 3 is 3.00 bits per heavy atom. The second-order valence-corrected chi connectivity index (χ2v) is 5.06. The lowest BCUT2D eigenvalue weighted by atomic mass is 10.1. The van der Waals surface area contributed by atoms with Gasteiger partial charge in [0, 0.05) is 19.5 Å². The summed E-state index contributed by atoms with van der Waals surface area (Å²) in [6.07, 6.45) is 1.05. The molecule has 1 aliphatic rings. The molecular formula is C14H15NOS. The van der Waals surface area contributed by atoms with Crippen LogP contribution in [-0.2, 0) is 19.5 Å². The molecule has 3 heteroatoms. The summed E-state index contributed by atoms with van der Waals surface area (Å²) in [6.45, 7) is 2.70. The first-order valence-corrected chi connectivity index (χ1v) is 6.82. The molecule has 3 rings (SSSR count). The van der Waals surface area contributed by atoms with E-state index in [9.17, 15) is 0 Å². The SMILES string of the molecule is c1cc(CNCc2ccc3c(c2)CCO3)cs1. The molecule has 1 aliphatic heterocycles. The first kappa shape index (κ1) is 10.8. The highest BCUT2D eigenvalue weighted by molar-refractivity contribution is 7.07. The molecule has 0 amide bonds. The standard InChI is InChI=1S/C14H15NOS/c1-2-14-13(3-5-16-14)7-11(1)8-15-9-12-4-6-17-10-12/h1-2,4,6-7,10,15H,3,5,8-9H2. The van der Waals surface area contributed by atoms with Crippen molar-refractivity contribution >= 4 is 11.3 Å². The Hall–Kier alpha value is -1.32. The average Bonchev–Trinajstić information content (AvgIpc) is 2.98. The number of nitrogens with one attached hydrogen (secondary N) is 1. The molecule has 0 saturated heterocycles. The van der Waals surface area contributed by atoms with Crippen LogP contribution in [0.3, 0.4) is 0 Å². The van der Waals surface area contributed by atoms with E-state index in [0.717, 1.165) is 31.9 Å². The number of benzene rings is 1. The Morgan fingerprint density at radius 1 is 1.18 bits per heavy atom. The van der Waals surface area contributed by atoms with E-state index in [4.69, 9.17) is 4.74 Å². The van der Waals surface area contributed by atoms with E-state index in [1.54, 1.807) is 11.3 Å².